The number of rotatable bonds is 5. The molecule has 22 heavy (non-hydrogen) atoms. The highest BCUT2D eigenvalue weighted by atomic mass is 35.5. The zero-order valence-electron chi connectivity index (χ0n) is 12.7. The van der Waals surface area contributed by atoms with Gasteiger partial charge in [-0.25, -0.2) is 0 Å². The van der Waals surface area contributed by atoms with Crippen LogP contribution in [0.2, 0.25) is 5.02 Å². The van der Waals surface area contributed by atoms with Gasteiger partial charge in [-0.05, 0) is 49.8 Å². The van der Waals surface area contributed by atoms with Gasteiger partial charge in [-0.2, -0.15) is 0 Å². The Morgan fingerprint density at radius 1 is 1.32 bits per heavy atom. The van der Waals surface area contributed by atoms with Crippen LogP contribution >= 0.6 is 11.6 Å². The molecule has 0 aromatic heterocycles. The summed E-state index contributed by atoms with van der Waals surface area (Å²) < 4.78 is 0. The van der Waals surface area contributed by atoms with Gasteiger partial charge in [0.1, 0.15) is 0 Å². The first kappa shape index (κ1) is 16.8. The van der Waals surface area contributed by atoms with Crippen molar-refractivity contribution in [1.29, 1.82) is 0 Å². The van der Waals surface area contributed by atoms with Gasteiger partial charge in [0.25, 0.3) is 0 Å². The van der Waals surface area contributed by atoms with Gasteiger partial charge in [0.15, 0.2) is 0 Å². The molecule has 2 rings (SSSR count). The molecule has 1 aliphatic carbocycles. The van der Waals surface area contributed by atoms with Gasteiger partial charge in [-0.15, -0.1) is 0 Å². The molecule has 1 aliphatic rings. The van der Waals surface area contributed by atoms with Gasteiger partial charge in [0.05, 0.1) is 5.92 Å². The summed E-state index contributed by atoms with van der Waals surface area (Å²) in [6.07, 6.45) is 3.42. The normalized spacial score (nSPS) is 22.8. The lowest BCUT2D eigenvalue weighted by Crippen LogP contribution is -2.41. The number of benzene rings is 1. The predicted octanol–water partition coefficient (Wildman–Crippen LogP) is 3.28. The smallest absolute Gasteiger partial charge is 0.306 e. The zero-order chi connectivity index (χ0) is 16.1. The van der Waals surface area contributed by atoms with Crippen LogP contribution in [0.1, 0.15) is 38.2 Å². The Hall–Kier alpha value is -1.55. The number of carboxylic acids is 1. The van der Waals surface area contributed by atoms with E-state index in [1.165, 1.54) is 0 Å². The number of halogens is 1. The van der Waals surface area contributed by atoms with Crippen LogP contribution in [0.25, 0.3) is 0 Å². The summed E-state index contributed by atoms with van der Waals surface area (Å²) >= 11 is 5.95. The first-order valence-corrected chi connectivity index (χ1v) is 8.11. The van der Waals surface area contributed by atoms with Gasteiger partial charge in [0, 0.05) is 17.0 Å². The molecule has 1 aromatic carbocycles. The molecule has 1 atom stereocenters. The molecular weight excluding hydrogens is 302 g/mol. The Bertz CT molecular complexity index is 538. The third-order valence-corrected chi connectivity index (χ3v) is 4.54. The topological polar surface area (TPSA) is 66.4 Å². The molecule has 2 N–H and O–H groups in total. The van der Waals surface area contributed by atoms with Crippen molar-refractivity contribution in [3.63, 3.8) is 0 Å². The van der Waals surface area contributed by atoms with Gasteiger partial charge in [0.2, 0.25) is 5.91 Å². The SMILES string of the molecule is CC(Cc1cccc(Cl)c1)C(=O)NC1CCC(C(=O)O)CC1. The summed E-state index contributed by atoms with van der Waals surface area (Å²) in [6.45, 7) is 1.90. The standard InChI is InChI=1S/C17H22ClNO3/c1-11(9-12-3-2-4-14(18)10-12)16(20)19-15-7-5-13(6-8-15)17(21)22/h2-4,10-11,13,15H,5-9H2,1H3,(H,19,20)(H,21,22). The number of carboxylic acid groups (broad SMARTS) is 1. The van der Waals surface area contributed by atoms with Crippen molar-refractivity contribution in [1.82, 2.24) is 5.32 Å². The number of nitrogens with one attached hydrogen (secondary N) is 1. The maximum Gasteiger partial charge on any atom is 0.306 e. The van der Waals surface area contributed by atoms with E-state index in [2.05, 4.69) is 5.32 Å². The highest BCUT2D eigenvalue weighted by Gasteiger charge is 2.27. The van der Waals surface area contributed by atoms with E-state index in [9.17, 15) is 9.59 Å². The van der Waals surface area contributed by atoms with Crippen molar-refractivity contribution < 1.29 is 14.7 Å². The molecule has 0 spiro atoms. The minimum Gasteiger partial charge on any atom is -0.481 e. The molecule has 5 heteroatoms. The monoisotopic (exact) mass is 323 g/mol. The summed E-state index contributed by atoms with van der Waals surface area (Å²) in [5, 5.41) is 12.7. The maximum atomic E-state index is 12.3. The summed E-state index contributed by atoms with van der Waals surface area (Å²) in [6, 6.07) is 7.65. The second-order valence-electron chi connectivity index (χ2n) is 6.13. The number of carbonyl (C=O) groups excluding carboxylic acids is 1. The molecule has 1 unspecified atom stereocenters. The summed E-state index contributed by atoms with van der Waals surface area (Å²) in [7, 11) is 0. The van der Waals surface area contributed by atoms with Crippen LogP contribution in [0.3, 0.4) is 0 Å². The summed E-state index contributed by atoms with van der Waals surface area (Å²) in [4.78, 5) is 23.2. The van der Waals surface area contributed by atoms with E-state index >= 15 is 0 Å². The number of carbonyl (C=O) groups is 2. The van der Waals surface area contributed by atoms with E-state index in [0.717, 1.165) is 18.4 Å². The molecule has 120 valence electrons. The van der Waals surface area contributed by atoms with Crippen LogP contribution < -0.4 is 5.32 Å². The van der Waals surface area contributed by atoms with Crippen molar-refractivity contribution in [3.05, 3.63) is 34.9 Å². The van der Waals surface area contributed by atoms with Crippen LogP contribution in [-0.2, 0) is 16.0 Å². The number of amides is 1. The van der Waals surface area contributed by atoms with Gasteiger partial charge in [-0.3, -0.25) is 9.59 Å². The maximum absolute atomic E-state index is 12.3. The summed E-state index contributed by atoms with van der Waals surface area (Å²) in [5.74, 6) is -1.08. The molecule has 1 saturated carbocycles. The second-order valence-corrected chi connectivity index (χ2v) is 6.57. The molecule has 0 aliphatic heterocycles. The average Bonchev–Trinajstić information content (AvgIpc) is 2.47. The molecule has 0 saturated heterocycles. The van der Waals surface area contributed by atoms with Gasteiger partial charge in [-0.1, -0.05) is 30.7 Å². The van der Waals surface area contributed by atoms with E-state index < -0.39 is 5.97 Å². The van der Waals surface area contributed by atoms with Gasteiger partial charge >= 0.3 is 5.97 Å². The first-order chi connectivity index (χ1) is 10.5. The zero-order valence-corrected chi connectivity index (χ0v) is 13.5. The van der Waals surface area contributed by atoms with E-state index in [0.29, 0.717) is 24.3 Å². The van der Waals surface area contributed by atoms with E-state index in [1.807, 2.05) is 31.2 Å². The largest absolute Gasteiger partial charge is 0.481 e. The Kier molecular flexibility index (Phi) is 5.83. The predicted molar refractivity (Wildman–Crippen MR) is 85.8 cm³/mol. The Morgan fingerprint density at radius 2 is 2.00 bits per heavy atom. The molecule has 0 bridgehead atoms. The highest BCUT2D eigenvalue weighted by molar-refractivity contribution is 6.30. The van der Waals surface area contributed by atoms with Crippen molar-refractivity contribution in [2.75, 3.05) is 0 Å². The molecule has 0 heterocycles. The third kappa shape index (κ3) is 4.73. The van der Waals surface area contributed by atoms with Crippen molar-refractivity contribution >= 4 is 23.5 Å². The Balaban J connectivity index is 1.81. The molecule has 1 fully saturated rings. The number of hydrogen-bond acceptors (Lipinski definition) is 2. The molecular formula is C17H22ClNO3. The summed E-state index contributed by atoms with van der Waals surface area (Å²) in [5.41, 5.74) is 1.05. The second kappa shape index (κ2) is 7.63. The minimum atomic E-state index is -0.723. The lowest BCUT2D eigenvalue weighted by atomic mass is 9.86. The molecule has 1 aromatic rings. The third-order valence-electron chi connectivity index (χ3n) is 4.30. The van der Waals surface area contributed by atoms with Crippen molar-refractivity contribution in [2.24, 2.45) is 11.8 Å². The average molecular weight is 324 g/mol. The van der Waals surface area contributed by atoms with Crippen molar-refractivity contribution in [3.8, 4) is 0 Å². The molecule has 0 radical (unpaired) electrons. The molecule has 1 amide bonds. The van der Waals surface area contributed by atoms with E-state index in [4.69, 9.17) is 16.7 Å². The van der Waals surface area contributed by atoms with Crippen molar-refractivity contribution in [2.45, 2.75) is 45.1 Å². The van der Waals surface area contributed by atoms with Crippen LogP contribution in [0.4, 0.5) is 0 Å². The minimum absolute atomic E-state index is 0.0266. The quantitative estimate of drug-likeness (QED) is 0.874. The Labute approximate surface area is 135 Å². The van der Waals surface area contributed by atoms with Crippen LogP contribution in [-0.4, -0.2) is 23.0 Å². The van der Waals surface area contributed by atoms with Crippen LogP contribution in [0, 0.1) is 11.8 Å². The first-order valence-electron chi connectivity index (χ1n) is 7.73. The van der Waals surface area contributed by atoms with E-state index in [-0.39, 0.29) is 23.8 Å². The molecule has 4 nitrogen and oxygen atoms in total. The fourth-order valence-electron chi connectivity index (χ4n) is 2.94. The fraction of sp³-hybridized carbons (Fsp3) is 0.529. The fourth-order valence-corrected chi connectivity index (χ4v) is 3.15. The number of aliphatic carboxylic acids is 1. The Morgan fingerprint density at radius 3 is 2.59 bits per heavy atom. The van der Waals surface area contributed by atoms with Crippen LogP contribution in [0.5, 0.6) is 0 Å². The lowest BCUT2D eigenvalue weighted by Gasteiger charge is -2.27. The number of hydrogen-bond donors (Lipinski definition) is 2. The van der Waals surface area contributed by atoms with Crippen LogP contribution in [0.15, 0.2) is 24.3 Å². The highest BCUT2D eigenvalue weighted by Crippen LogP contribution is 2.24. The van der Waals surface area contributed by atoms with E-state index in [1.54, 1.807) is 0 Å². The lowest BCUT2D eigenvalue weighted by molar-refractivity contribution is -0.142. The van der Waals surface area contributed by atoms with Gasteiger partial charge < -0.3 is 10.4 Å².